The Kier molecular flexibility index (Phi) is 7.11. The molecule has 0 aromatic heterocycles. The zero-order valence-corrected chi connectivity index (χ0v) is 7.44. The van der Waals surface area contributed by atoms with Crippen LogP contribution in [0.25, 0.3) is 0 Å². The van der Waals surface area contributed by atoms with E-state index in [0.29, 0.717) is 12.2 Å². The van der Waals surface area contributed by atoms with Crippen molar-refractivity contribution in [3.8, 4) is 0 Å². The standard InChI is InChI=1S/C10H18O/c1-3-5-6-7-8-9-10(11)4-2/h3H,1,4-9H2,2H3. The van der Waals surface area contributed by atoms with Crippen LogP contribution in [-0.4, -0.2) is 5.78 Å². The Morgan fingerprint density at radius 1 is 1.36 bits per heavy atom. The second-order valence-electron chi connectivity index (χ2n) is 2.78. The number of rotatable bonds is 7. The average molecular weight is 154 g/mol. The van der Waals surface area contributed by atoms with Gasteiger partial charge in [-0.2, -0.15) is 0 Å². The highest BCUT2D eigenvalue weighted by Crippen LogP contribution is 2.04. The third-order valence-electron chi connectivity index (χ3n) is 1.76. The van der Waals surface area contributed by atoms with Crippen molar-refractivity contribution in [2.75, 3.05) is 0 Å². The number of hydrogen-bond acceptors (Lipinski definition) is 1. The summed E-state index contributed by atoms with van der Waals surface area (Å²) in [6.07, 6.45) is 7.88. The average Bonchev–Trinajstić information content (AvgIpc) is 2.04. The molecule has 0 aliphatic heterocycles. The largest absolute Gasteiger partial charge is 0.300 e. The smallest absolute Gasteiger partial charge is 0.132 e. The Morgan fingerprint density at radius 3 is 2.64 bits per heavy atom. The third-order valence-corrected chi connectivity index (χ3v) is 1.76. The number of hydrogen-bond donors (Lipinski definition) is 0. The van der Waals surface area contributed by atoms with E-state index in [2.05, 4.69) is 6.58 Å². The molecule has 0 unspecified atom stereocenters. The fourth-order valence-corrected chi connectivity index (χ4v) is 0.964. The lowest BCUT2D eigenvalue weighted by Gasteiger charge is -1.96. The van der Waals surface area contributed by atoms with Crippen molar-refractivity contribution in [3.05, 3.63) is 12.7 Å². The summed E-state index contributed by atoms with van der Waals surface area (Å²) in [6.45, 7) is 5.57. The number of carbonyl (C=O) groups excluding carboxylic acids is 1. The summed E-state index contributed by atoms with van der Waals surface area (Å²) in [7, 11) is 0. The molecule has 0 saturated carbocycles. The predicted molar refractivity (Wildman–Crippen MR) is 48.6 cm³/mol. The van der Waals surface area contributed by atoms with Crippen LogP contribution in [0.1, 0.15) is 45.4 Å². The molecule has 11 heavy (non-hydrogen) atoms. The number of ketones is 1. The molecule has 0 heterocycles. The summed E-state index contributed by atoms with van der Waals surface area (Å²) in [4.78, 5) is 10.8. The molecule has 0 amide bonds. The zero-order chi connectivity index (χ0) is 8.53. The van der Waals surface area contributed by atoms with Gasteiger partial charge in [0.1, 0.15) is 5.78 Å². The molecule has 0 spiro atoms. The molecule has 0 aliphatic rings. The van der Waals surface area contributed by atoms with E-state index >= 15 is 0 Å². The van der Waals surface area contributed by atoms with Crippen molar-refractivity contribution in [1.29, 1.82) is 0 Å². The molecule has 0 rings (SSSR count). The molecule has 0 aromatic carbocycles. The summed E-state index contributed by atoms with van der Waals surface area (Å²) in [5.74, 6) is 0.392. The SMILES string of the molecule is C=CCCCCCC(=O)CC. The summed E-state index contributed by atoms with van der Waals surface area (Å²) in [6, 6.07) is 0. The van der Waals surface area contributed by atoms with Gasteiger partial charge in [0, 0.05) is 12.8 Å². The molecule has 0 fully saturated rings. The van der Waals surface area contributed by atoms with Crippen molar-refractivity contribution < 1.29 is 4.79 Å². The maximum atomic E-state index is 10.8. The summed E-state index contributed by atoms with van der Waals surface area (Å²) in [5.41, 5.74) is 0. The van der Waals surface area contributed by atoms with E-state index in [1.54, 1.807) is 0 Å². The van der Waals surface area contributed by atoms with E-state index < -0.39 is 0 Å². The lowest BCUT2D eigenvalue weighted by atomic mass is 10.1. The van der Waals surface area contributed by atoms with Crippen LogP contribution < -0.4 is 0 Å². The van der Waals surface area contributed by atoms with Gasteiger partial charge in [-0.1, -0.05) is 19.4 Å². The van der Waals surface area contributed by atoms with Crippen molar-refractivity contribution in [3.63, 3.8) is 0 Å². The lowest BCUT2D eigenvalue weighted by Crippen LogP contribution is -1.93. The van der Waals surface area contributed by atoms with E-state index in [0.717, 1.165) is 25.7 Å². The zero-order valence-electron chi connectivity index (χ0n) is 7.44. The first-order valence-electron chi connectivity index (χ1n) is 4.43. The van der Waals surface area contributed by atoms with Gasteiger partial charge in [0.25, 0.3) is 0 Å². The summed E-state index contributed by atoms with van der Waals surface area (Å²) in [5, 5.41) is 0. The van der Waals surface area contributed by atoms with E-state index in [-0.39, 0.29) is 0 Å². The van der Waals surface area contributed by atoms with E-state index in [4.69, 9.17) is 0 Å². The molecular weight excluding hydrogens is 136 g/mol. The maximum absolute atomic E-state index is 10.8. The topological polar surface area (TPSA) is 17.1 Å². The Bertz CT molecular complexity index is 116. The highest BCUT2D eigenvalue weighted by Gasteiger charge is 1.96. The van der Waals surface area contributed by atoms with Gasteiger partial charge >= 0.3 is 0 Å². The highest BCUT2D eigenvalue weighted by atomic mass is 16.1. The van der Waals surface area contributed by atoms with Crippen LogP contribution in [0.15, 0.2) is 12.7 Å². The number of carbonyl (C=O) groups is 1. The molecule has 1 heteroatoms. The van der Waals surface area contributed by atoms with Crippen molar-refractivity contribution in [2.24, 2.45) is 0 Å². The lowest BCUT2D eigenvalue weighted by molar-refractivity contribution is -0.118. The summed E-state index contributed by atoms with van der Waals surface area (Å²) < 4.78 is 0. The fraction of sp³-hybridized carbons (Fsp3) is 0.700. The van der Waals surface area contributed by atoms with E-state index in [1.165, 1.54) is 6.42 Å². The van der Waals surface area contributed by atoms with E-state index in [9.17, 15) is 4.79 Å². The molecule has 0 radical (unpaired) electrons. The normalized spacial score (nSPS) is 9.55. The quantitative estimate of drug-likeness (QED) is 0.407. The Hall–Kier alpha value is -0.590. The predicted octanol–water partition coefficient (Wildman–Crippen LogP) is 3.10. The van der Waals surface area contributed by atoms with Crippen LogP contribution in [0.5, 0.6) is 0 Å². The maximum Gasteiger partial charge on any atom is 0.132 e. The van der Waals surface area contributed by atoms with Crippen LogP contribution in [0.4, 0.5) is 0 Å². The van der Waals surface area contributed by atoms with Gasteiger partial charge in [-0.3, -0.25) is 4.79 Å². The van der Waals surface area contributed by atoms with Gasteiger partial charge in [-0.05, 0) is 19.3 Å². The van der Waals surface area contributed by atoms with Crippen LogP contribution >= 0.6 is 0 Å². The van der Waals surface area contributed by atoms with Crippen molar-refractivity contribution in [1.82, 2.24) is 0 Å². The second-order valence-corrected chi connectivity index (χ2v) is 2.78. The fourth-order valence-electron chi connectivity index (χ4n) is 0.964. The molecule has 0 aliphatic carbocycles. The van der Waals surface area contributed by atoms with Gasteiger partial charge in [-0.15, -0.1) is 6.58 Å². The minimum atomic E-state index is 0.392. The second kappa shape index (κ2) is 7.52. The number of allylic oxidation sites excluding steroid dienone is 1. The monoisotopic (exact) mass is 154 g/mol. The number of Topliss-reactive ketones (excluding diaryl/α,β-unsaturated/α-hetero) is 1. The van der Waals surface area contributed by atoms with Gasteiger partial charge in [0.05, 0.1) is 0 Å². The van der Waals surface area contributed by atoms with E-state index in [1.807, 2.05) is 13.0 Å². The molecule has 0 bridgehead atoms. The van der Waals surface area contributed by atoms with Crippen molar-refractivity contribution >= 4 is 5.78 Å². The minimum absolute atomic E-state index is 0.392. The van der Waals surface area contributed by atoms with Crippen LogP contribution in [0.2, 0.25) is 0 Å². The molecule has 0 aromatic rings. The van der Waals surface area contributed by atoms with Crippen LogP contribution in [-0.2, 0) is 4.79 Å². The Morgan fingerprint density at radius 2 is 2.09 bits per heavy atom. The molecule has 0 saturated heterocycles. The first kappa shape index (κ1) is 10.4. The van der Waals surface area contributed by atoms with Crippen LogP contribution in [0, 0.1) is 0 Å². The van der Waals surface area contributed by atoms with Gasteiger partial charge in [0.15, 0.2) is 0 Å². The first-order chi connectivity index (χ1) is 5.31. The molecule has 0 N–H and O–H groups in total. The van der Waals surface area contributed by atoms with Crippen LogP contribution in [0.3, 0.4) is 0 Å². The number of unbranched alkanes of at least 4 members (excludes halogenated alkanes) is 3. The Labute approximate surface area is 69.5 Å². The molecular formula is C10H18O. The summed E-state index contributed by atoms with van der Waals surface area (Å²) >= 11 is 0. The van der Waals surface area contributed by atoms with Gasteiger partial charge < -0.3 is 0 Å². The van der Waals surface area contributed by atoms with Crippen molar-refractivity contribution in [2.45, 2.75) is 45.4 Å². The molecule has 64 valence electrons. The third kappa shape index (κ3) is 7.31. The minimum Gasteiger partial charge on any atom is -0.300 e. The van der Waals surface area contributed by atoms with Gasteiger partial charge in [0.2, 0.25) is 0 Å². The Balaban J connectivity index is 3.01. The molecule has 1 nitrogen and oxygen atoms in total. The van der Waals surface area contributed by atoms with Gasteiger partial charge in [-0.25, -0.2) is 0 Å². The first-order valence-corrected chi connectivity index (χ1v) is 4.43. The highest BCUT2D eigenvalue weighted by molar-refractivity contribution is 5.77. The molecule has 0 atom stereocenters.